The predicted octanol–water partition coefficient (Wildman–Crippen LogP) is 13.6. The van der Waals surface area contributed by atoms with E-state index in [4.69, 9.17) is 9.40 Å². The van der Waals surface area contributed by atoms with Crippen molar-refractivity contribution in [2.24, 2.45) is 0 Å². The van der Waals surface area contributed by atoms with Gasteiger partial charge in [-0.3, -0.25) is 0 Å². The zero-order chi connectivity index (χ0) is 33.7. The summed E-state index contributed by atoms with van der Waals surface area (Å²) in [7, 11) is 0. The normalized spacial score (nSPS) is 11.5. The Labute approximate surface area is 295 Å². The van der Waals surface area contributed by atoms with Crippen LogP contribution in [0.15, 0.2) is 192 Å². The summed E-state index contributed by atoms with van der Waals surface area (Å²) >= 11 is 0. The van der Waals surface area contributed by atoms with Crippen LogP contribution in [-0.4, -0.2) is 4.98 Å². The van der Waals surface area contributed by atoms with Crippen LogP contribution < -0.4 is 0 Å². The Hall–Kier alpha value is -6.77. The van der Waals surface area contributed by atoms with E-state index in [1.165, 1.54) is 49.4 Å². The van der Waals surface area contributed by atoms with Gasteiger partial charge in [-0.1, -0.05) is 146 Å². The molecule has 0 amide bonds. The van der Waals surface area contributed by atoms with Crippen LogP contribution in [0.3, 0.4) is 0 Å². The van der Waals surface area contributed by atoms with E-state index in [9.17, 15) is 0 Å². The number of nitrogens with zero attached hydrogens (tertiary/aromatic N) is 1. The van der Waals surface area contributed by atoms with Crippen molar-refractivity contribution in [1.29, 1.82) is 0 Å². The summed E-state index contributed by atoms with van der Waals surface area (Å²) in [6.07, 6.45) is 0. The first-order chi connectivity index (χ1) is 25.2. The molecule has 0 aliphatic carbocycles. The molecule has 8 aromatic carbocycles. The third kappa shape index (κ3) is 5.26. The van der Waals surface area contributed by atoms with Crippen molar-refractivity contribution < 1.29 is 4.42 Å². The fourth-order valence-electron chi connectivity index (χ4n) is 7.40. The Balaban J connectivity index is 0.974. The van der Waals surface area contributed by atoms with Crippen LogP contribution in [0.25, 0.3) is 99.4 Å². The molecule has 0 unspecified atom stereocenters. The lowest BCUT2D eigenvalue weighted by Crippen LogP contribution is -1.91. The lowest BCUT2D eigenvalue weighted by atomic mass is 9.94. The number of fused-ring (bicyclic) bond motifs is 6. The van der Waals surface area contributed by atoms with Gasteiger partial charge in [-0.2, -0.15) is 0 Å². The molecule has 2 aromatic heterocycles. The molecule has 238 valence electrons. The number of hydrogen-bond acceptors (Lipinski definition) is 2. The topological polar surface area (TPSA) is 26.0 Å². The molecule has 2 heterocycles. The Kier molecular flexibility index (Phi) is 6.85. The monoisotopic (exact) mass is 649 g/mol. The molecule has 0 radical (unpaired) electrons. The van der Waals surface area contributed by atoms with Crippen LogP contribution in [0.5, 0.6) is 0 Å². The molecule has 51 heavy (non-hydrogen) atoms. The second-order valence-corrected chi connectivity index (χ2v) is 13.2. The van der Waals surface area contributed by atoms with Gasteiger partial charge in [0, 0.05) is 21.9 Å². The minimum absolute atomic E-state index is 0.920. The average Bonchev–Trinajstić information content (AvgIpc) is 3.59. The van der Waals surface area contributed by atoms with Crippen LogP contribution in [0.1, 0.15) is 0 Å². The van der Waals surface area contributed by atoms with Gasteiger partial charge in [-0.05, 0) is 97.4 Å². The number of pyridine rings is 1. The fourth-order valence-corrected chi connectivity index (χ4v) is 7.40. The molecule has 0 saturated heterocycles. The molecule has 0 aliphatic heterocycles. The van der Waals surface area contributed by atoms with Gasteiger partial charge in [-0.25, -0.2) is 4.98 Å². The predicted molar refractivity (Wildman–Crippen MR) is 214 cm³/mol. The van der Waals surface area contributed by atoms with Crippen molar-refractivity contribution in [2.75, 3.05) is 0 Å². The third-order valence-electron chi connectivity index (χ3n) is 10.1. The van der Waals surface area contributed by atoms with Crippen LogP contribution in [0.4, 0.5) is 0 Å². The Morgan fingerprint density at radius 1 is 0.275 bits per heavy atom. The lowest BCUT2D eigenvalue weighted by molar-refractivity contribution is 0.669. The first-order valence-electron chi connectivity index (χ1n) is 17.4. The van der Waals surface area contributed by atoms with Gasteiger partial charge in [0.15, 0.2) is 0 Å². The first kappa shape index (κ1) is 29.2. The van der Waals surface area contributed by atoms with E-state index >= 15 is 0 Å². The zero-order valence-corrected chi connectivity index (χ0v) is 27.8. The number of rotatable bonds is 5. The average molecular weight is 650 g/mol. The van der Waals surface area contributed by atoms with Crippen molar-refractivity contribution in [1.82, 2.24) is 4.98 Å². The summed E-state index contributed by atoms with van der Waals surface area (Å²) in [4.78, 5) is 5.05. The second kappa shape index (κ2) is 12.0. The number of para-hydroxylation sites is 1. The molecule has 0 atom stereocenters. The molecule has 2 heteroatoms. The molecule has 0 bridgehead atoms. The molecule has 0 spiro atoms. The number of benzene rings is 8. The Bertz CT molecular complexity index is 2830. The fraction of sp³-hybridized carbons (Fsp3) is 0. The highest BCUT2D eigenvalue weighted by Crippen LogP contribution is 2.36. The molecule has 10 aromatic rings. The minimum atomic E-state index is 0.920. The van der Waals surface area contributed by atoms with E-state index in [0.29, 0.717) is 0 Å². The quantitative estimate of drug-likeness (QED) is 0.173. The van der Waals surface area contributed by atoms with Crippen LogP contribution in [0, 0.1) is 0 Å². The van der Waals surface area contributed by atoms with E-state index in [2.05, 4.69) is 164 Å². The standard InChI is InChI=1S/C49H31NO/c1-3-9-34(10-4-1)46-30-41(31-47(50-46)35-11-5-2-6-12-35)33-17-15-32(16-18-33)36-21-24-42-39(27-36)19-20-40-28-37(22-25-43(40)42)38-23-26-49-45(29-38)44-13-7-8-14-48(44)51-49/h1-31H. The summed E-state index contributed by atoms with van der Waals surface area (Å²) in [5.41, 5.74) is 13.1. The van der Waals surface area contributed by atoms with Crippen molar-refractivity contribution in [3.05, 3.63) is 188 Å². The number of furan rings is 1. The maximum Gasteiger partial charge on any atom is 0.135 e. The summed E-state index contributed by atoms with van der Waals surface area (Å²) in [6.45, 7) is 0. The summed E-state index contributed by atoms with van der Waals surface area (Å²) in [6, 6.07) is 67.0. The van der Waals surface area contributed by atoms with Gasteiger partial charge < -0.3 is 4.42 Å². The van der Waals surface area contributed by atoms with Crippen LogP contribution in [0.2, 0.25) is 0 Å². The molecule has 0 N–H and O–H groups in total. The highest BCUT2D eigenvalue weighted by molar-refractivity contribution is 6.10. The van der Waals surface area contributed by atoms with Crippen molar-refractivity contribution in [2.45, 2.75) is 0 Å². The van der Waals surface area contributed by atoms with Crippen LogP contribution in [-0.2, 0) is 0 Å². The van der Waals surface area contributed by atoms with Gasteiger partial charge in [0.05, 0.1) is 11.4 Å². The van der Waals surface area contributed by atoms with Gasteiger partial charge >= 0.3 is 0 Å². The Morgan fingerprint density at radius 3 is 1.37 bits per heavy atom. The molecule has 10 rings (SSSR count). The van der Waals surface area contributed by atoms with E-state index in [0.717, 1.165) is 50.0 Å². The third-order valence-corrected chi connectivity index (χ3v) is 10.1. The molecular formula is C49H31NO. The van der Waals surface area contributed by atoms with Gasteiger partial charge in [0.1, 0.15) is 11.2 Å². The number of hydrogen-bond donors (Lipinski definition) is 0. The first-order valence-corrected chi connectivity index (χ1v) is 17.4. The minimum Gasteiger partial charge on any atom is -0.456 e. The maximum atomic E-state index is 6.07. The second-order valence-electron chi connectivity index (χ2n) is 13.2. The van der Waals surface area contributed by atoms with Crippen molar-refractivity contribution in [3.63, 3.8) is 0 Å². The van der Waals surface area contributed by atoms with E-state index in [1.54, 1.807) is 0 Å². The van der Waals surface area contributed by atoms with Crippen molar-refractivity contribution in [3.8, 4) is 55.9 Å². The summed E-state index contributed by atoms with van der Waals surface area (Å²) in [5, 5.41) is 7.28. The molecule has 0 saturated carbocycles. The molecule has 0 aliphatic rings. The SMILES string of the molecule is c1ccc(-c2cc(-c3ccc(-c4ccc5c(ccc6cc(-c7ccc8oc9ccccc9c8c7)ccc65)c4)cc3)cc(-c3ccccc3)n2)cc1. The summed E-state index contributed by atoms with van der Waals surface area (Å²) in [5.74, 6) is 0. The maximum absolute atomic E-state index is 6.07. The van der Waals surface area contributed by atoms with Gasteiger partial charge in [-0.15, -0.1) is 0 Å². The van der Waals surface area contributed by atoms with E-state index in [1.807, 2.05) is 24.3 Å². The zero-order valence-electron chi connectivity index (χ0n) is 27.8. The molecule has 0 fully saturated rings. The highest BCUT2D eigenvalue weighted by Gasteiger charge is 2.12. The van der Waals surface area contributed by atoms with Crippen molar-refractivity contribution >= 4 is 43.5 Å². The largest absolute Gasteiger partial charge is 0.456 e. The number of aromatic nitrogens is 1. The van der Waals surface area contributed by atoms with Gasteiger partial charge in [0.2, 0.25) is 0 Å². The van der Waals surface area contributed by atoms with E-state index < -0.39 is 0 Å². The summed E-state index contributed by atoms with van der Waals surface area (Å²) < 4.78 is 6.07. The van der Waals surface area contributed by atoms with E-state index in [-0.39, 0.29) is 0 Å². The lowest BCUT2D eigenvalue weighted by Gasteiger charge is -2.12. The molecular weight excluding hydrogens is 619 g/mol. The Morgan fingerprint density at radius 2 is 0.745 bits per heavy atom. The van der Waals surface area contributed by atoms with Gasteiger partial charge in [0.25, 0.3) is 0 Å². The highest BCUT2D eigenvalue weighted by atomic mass is 16.3. The smallest absolute Gasteiger partial charge is 0.135 e. The molecule has 2 nitrogen and oxygen atoms in total. The van der Waals surface area contributed by atoms with Crippen LogP contribution >= 0.6 is 0 Å².